The highest BCUT2D eigenvalue weighted by Crippen LogP contribution is 2.37. The molecule has 0 saturated carbocycles. The van der Waals surface area contributed by atoms with E-state index in [4.69, 9.17) is 4.74 Å². The van der Waals surface area contributed by atoms with Gasteiger partial charge in [0.15, 0.2) is 5.78 Å². The molecule has 0 amide bonds. The number of hydrogen-bond acceptors (Lipinski definition) is 4. The van der Waals surface area contributed by atoms with Crippen molar-refractivity contribution in [2.45, 2.75) is 6.42 Å². The summed E-state index contributed by atoms with van der Waals surface area (Å²) in [6, 6.07) is 4.95. The van der Waals surface area contributed by atoms with Crippen LogP contribution in [0, 0.1) is 0 Å². The highest BCUT2D eigenvalue weighted by Gasteiger charge is 2.31. The molecule has 0 fully saturated rings. The SMILES string of the molecule is COc1cccc2c1N(S(C)(=O)=O)CCC2=O. The summed E-state index contributed by atoms with van der Waals surface area (Å²) in [5.74, 6) is 0.347. The van der Waals surface area contributed by atoms with Crippen LogP contribution in [0.1, 0.15) is 16.8 Å². The number of Topliss-reactive ketones (excluding diaryl/α,β-unsaturated/α-hetero) is 1. The summed E-state index contributed by atoms with van der Waals surface area (Å²) >= 11 is 0. The van der Waals surface area contributed by atoms with Gasteiger partial charge in [0.25, 0.3) is 0 Å². The monoisotopic (exact) mass is 255 g/mol. The molecule has 0 radical (unpaired) electrons. The number of carbonyl (C=O) groups is 1. The molecular formula is C11H13NO4S. The third-order valence-electron chi connectivity index (χ3n) is 2.71. The van der Waals surface area contributed by atoms with Crippen LogP contribution in [0.3, 0.4) is 0 Å². The largest absolute Gasteiger partial charge is 0.495 e. The Bertz CT molecular complexity index is 565. The van der Waals surface area contributed by atoms with Crippen molar-refractivity contribution < 1.29 is 17.9 Å². The van der Waals surface area contributed by atoms with Crippen LogP contribution in [0.5, 0.6) is 5.75 Å². The van der Waals surface area contributed by atoms with Gasteiger partial charge in [0.1, 0.15) is 11.4 Å². The summed E-state index contributed by atoms with van der Waals surface area (Å²) in [6.07, 6.45) is 1.33. The summed E-state index contributed by atoms with van der Waals surface area (Å²) < 4.78 is 29.7. The molecule has 0 unspecified atom stereocenters. The fourth-order valence-corrected chi connectivity index (χ4v) is 2.89. The third-order valence-corrected chi connectivity index (χ3v) is 3.88. The van der Waals surface area contributed by atoms with Crippen molar-refractivity contribution in [1.82, 2.24) is 0 Å². The Morgan fingerprint density at radius 1 is 1.35 bits per heavy atom. The molecule has 17 heavy (non-hydrogen) atoms. The number of ether oxygens (including phenoxy) is 1. The summed E-state index contributed by atoms with van der Waals surface area (Å²) in [5, 5.41) is 0. The predicted octanol–water partition coefficient (Wildman–Crippen LogP) is 1.05. The number of ketones is 1. The van der Waals surface area contributed by atoms with Gasteiger partial charge in [0.05, 0.1) is 13.4 Å². The molecule has 6 heteroatoms. The molecule has 1 aliphatic rings. The molecule has 2 rings (SSSR count). The van der Waals surface area contributed by atoms with Gasteiger partial charge in [-0.2, -0.15) is 0 Å². The van der Waals surface area contributed by atoms with Crippen LogP contribution in [0.25, 0.3) is 0 Å². The lowest BCUT2D eigenvalue weighted by Crippen LogP contribution is -2.36. The maximum atomic E-state index is 11.7. The number of methoxy groups -OCH3 is 1. The van der Waals surface area contributed by atoms with E-state index in [2.05, 4.69) is 0 Å². The number of carbonyl (C=O) groups excluding carboxylic acids is 1. The first-order valence-electron chi connectivity index (χ1n) is 5.13. The lowest BCUT2D eigenvalue weighted by atomic mass is 10.0. The lowest BCUT2D eigenvalue weighted by Gasteiger charge is -2.29. The Balaban J connectivity index is 2.69. The summed E-state index contributed by atoms with van der Waals surface area (Å²) in [6.45, 7) is 0.172. The predicted molar refractivity (Wildman–Crippen MR) is 64.1 cm³/mol. The van der Waals surface area contributed by atoms with Gasteiger partial charge in [-0.1, -0.05) is 6.07 Å². The van der Waals surface area contributed by atoms with Gasteiger partial charge in [-0.3, -0.25) is 9.10 Å². The van der Waals surface area contributed by atoms with Crippen molar-refractivity contribution in [3.05, 3.63) is 23.8 Å². The van der Waals surface area contributed by atoms with Crippen molar-refractivity contribution in [3.63, 3.8) is 0 Å². The molecule has 1 aliphatic heterocycles. The van der Waals surface area contributed by atoms with E-state index < -0.39 is 10.0 Å². The molecule has 0 atom stereocenters. The fourth-order valence-electron chi connectivity index (χ4n) is 1.95. The molecule has 1 heterocycles. The van der Waals surface area contributed by atoms with Crippen LogP contribution in [-0.4, -0.2) is 34.1 Å². The number of benzene rings is 1. The molecule has 92 valence electrons. The lowest BCUT2D eigenvalue weighted by molar-refractivity contribution is 0.0981. The number of nitrogens with zero attached hydrogens (tertiary/aromatic N) is 1. The van der Waals surface area contributed by atoms with Crippen LogP contribution in [-0.2, 0) is 10.0 Å². The number of sulfonamides is 1. The molecule has 1 aromatic carbocycles. The van der Waals surface area contributed by atoms with E-state index in [1.54, 1.807) is 18.2 Å². The van der Waals surface area contributed by atoms with E-state index in [0.717, 1.165) is 6.26 Å². The van der Waals surface area contributed by atoms with Gasteiger partial charge in [-0.25, -0.2) is 8.42 Å². The van der Waals surface area contributed by atoms with E-state index in [-0.39, 0.29) is 18.7 Å². The number of para-hydroxylation sites is 1. The zero-order chi connectivity index (χ0) is 12.6. The first kappa shape index (κ1) is 11.9. The molecule has 5 nitrogen and oxygen atoms in total. The molecule has 1 aromatic rings. The molecular weight excluding hydrogens is 242 g/mol. The summed E-state index contributed by atoms with van der Waals surface area (Å²) in [4.78, 5) is 11.7. The number of fused-ring (bicyclic) bond motifs is 1. The molecule has 0 aliphatic carbocycles. The molecule has 0 aromatic heterocycles. The van der Waals surface area contributed by atoms with Gasteiger partial charge in [0.2, 0.25) is 10.0 Å². The smallest absolute Gasteiger partial charge is 0.232 e. The van der Waals surface area contributed by atoms with E-state index in [9.17, 15) is 13.2 Å². The van der Waals surface area contributed by atoms with Gasteiger partial charge in [-0.05, 0) is 12.1 Å². The zero-order valence-corrected chi connectivity index (χ0v) is 10.5. The number of rotatable bonds is 2. The Labute approximate surface area is 100 Å². The van der Waals surface area contributed by atoms with Crippen molar-refractivity contribution in [1.29, 1.82) is 0 Å². The maximum Gasteiger partial charge on any atom is 0.232 e. The number of hydrogen-bond donors (Lipinski definition) is 0. The Morgan fingerprint density at radius 3 is 2.65 bits per heavy atom. The van der Waals surface area contributed by atoms with Crippen molar-refractivity contribution in [2.75, 3.05) is 24.2 Å². The van der Waals surface area contributed by atoms with E-state index >= 15 is 0 Å². The topological polar surface area (TPSA) is 63.7 Å². The average molecular weight is 255 g/mol. The van der Waals surface area contributed by atoms with Gasteiger partial charge >= 0.3 is 0 Å². The second-order valence-electron chi connectivity index (χ2n) is 3.86. The van der Waals surface area contributed by atoms with Crippen molar-refractivity contribution >= 4 is 21.5 Å². The molecule has 0 bridgehead atoms. The van der Waals surface area contributed by atoms with Crippen LogP contribution >= 0.6 is 0 Å². The van der Waals surface area contributed by atoms with Crippen LogP contribution in [0.15, 0.2) is 18.2 Å². The summed E-state index contributed by atoms with van der Waals surface area (Å²) in [7, 11) is -1.94. The third kappa shape index (κ3) is 2.00. The Kier molecular flexibility index (Phi) is 2.82. The van der Waals surface area contributed by atoms with Crippen LogP contribution < -0.4 is 9.04 Å². The second kappa shape index (κ2) is 4.03. The van der Waals surface area contributed by atoms with Crippen LogP contribution in [0.2, 0.25) is 0 Å². The van der Waals surface area contributed by atoms with Gasteiger partial charge < -0.3 is 4.74 Å². The fraction of sp³-hybridized carbons (Fsp3) is 0.364. The molecule has 0 spiro atoms. The van der Waals surface area contributed by atoms with Crippen molar-refractivity contribution in [3.8, 4) is 5.75 Å². The minimum absolute atomic E-state index is 0.0567. The van der Waals surface area contributed by atoms with Gasteiger partial charge in [-0.15, -0.1) is 0 Å². The second-order valence-corrected chi connectivity index (χ2v) is 5.77. The molecule has 0 N–H and O–H groups in total. The van der Waals surface area contributed by atoms with Crippen molar-refractivity contribution in [2.24, 2.45) is 0 Å². The minimum Gasteiger partial charge on any atom is -0.495 e. The van der Waals surface area contributed by atoms with E-state index in [1.165, 1.54) is 11.4 Å². The Morgan fingerprint density at radius 2 is 2.06 bits per heavy atom. The van der Waals surface area contributed by atoms with E-state index in [0.29, 0.717) is 17.0 Å². The Hall–Kier alpha value is -1.56. The maximum absolute atomic E-state index is 11.7. The summed E-state index contributed by atoms with van der Waals surface area (Å²) in [5.41, 5.74) is 0.759. The zero-order valence-electron chi connectivity index (χ0n) is 9.63. The normalized spacial score (nSPS) is 15.6. The quantitative estimate of drug-likeness (QED) is 0.792. The highest BCUT2D eigenvalue weighted by atomic mass is 32.2. The van der Waals surface area contributed by atoms with Gasteiger partial charge in [0, 0.05) is 18.5 Å². The first-order chi connectivity index (χ1) is 7.95. The first-order valence-corrected chi connectivity index (χ1v) is 6.98. The van der Waals surface area contributed by atoms with Crippen LogP contribution in [0.4, 0.5) is 5.69 Å². The highest BCUT2D eigenvalue weighted by molar-refractivity contribution is 7.92. The minimum atomic E-state index is -3.39. The average Bonchev–Trinajstić information content (AvgIpc) is 2.27. The standard InChI is InChI=1S/C11H13NO4S/c1-16-10-5-3-4-8-9(13)6-7-12(11(8)10)17(2,14)15/h3-5H,6-7H2,1-2H3. The van der Waals surface area contributed by atoms with E-state index in [1.807, 2.05) is 0 Å². The molecule has 0 saturated heterocycles. The number of anilines is 1.